The molecular formula is C15H25O3. The first kappa shape index (κ1) is 17.0. The Morgan fingerprint density at radius 1 is 1.11 bits per heavy atom. The summed E-state index contributed by atoms with van der Waals surface area (Å²) in [5.41, 5.74) is 0. The fourth-order valence-corrected chi connectivity index (χ4v) is 1.97. The Balaban J connectivity index is 4.15. The first-order valence-corrected chi connectivity index (χ1v) is 6.85. The minimum absolute atomic E-state index is 0.0656. The fourth-order valence-electron chi connectivity index (χ4n) is 1.97. The second-order valence-electron chi connectivity index (χ2n) is 5.44. The minimum Gasteiger partial charge on any atom is -0.300 e. The van der Waals surface area contributed by atoms with Crippen molar-refractivity contribution in [3.8, 4) is 0 Å². The van der Waals surface area contributed by atoms with Gasteiger partial charge in [0.2, 0.25) is 6.29 Å². The lowest BCUT2D eigenvalue weighted by Gasteiger charge is -2.14. The van der Waals surface area contributed by atoms with Crippen LogP contribution >= 0.6 is 0 Å². The molecule has 0 bridgehead atoms. The number of carbonyl (C=O) groups excluding carboxylic acids is 3. The van der Waals surface area contributed by atoms with Crippen molar-refractivity contribution in [2.24, 2.45) is 17.8 Å². The molecule has 0 rings (SSSR count). The van der Waals surface area contributed by atoms with Crippen molar-refractivity contribution in [1.29, 1.82) is 0 Å². The predicted molar refractivity (Wildman–Crippen MR) is 72.0 cm³/mol. The molecule has 3 nitrogen and oxygen atoms in total. The average molecular weight is 253 g/mol. The number of ketones is 2. The van der Waals surface area contributed by atoms with E-state index in [1.165, 1.54) is 0 Å². The smallest absolute Gasteiger partial charge is 0.209 e. The SMILES string of the molecule is CCCC([C]=O)C(=O)C(C)CCC(=O)CC(C)C. The lowest BCUT2D eigenvalue weighted by Crippen LogP contribution is -2.23. The monoisotopic (exact) mass is 253 g/mol. The van der Waals surface area contributed by atoms with Crippen LogP contribution in [0.25, 0.3) is 0 Å². The molecule has 0 aliphatic heterocycles. The van der Waals surface area contributed by atoms with E-state index in [4.69, 9.17) is 0 Å². The van der Waals surface area contributed by atoms with Crippen molar-refractivity contribution >= 4 is 17.9 Å². The van der Waals surface area contributed by atoms with E-state index in [1.54, 1.807) is 6.92 Å². The molecule has 0 fully saturated rings. The van der Waals surface area contributed by atoms with Gasteiger partial charge in [0.05, 0.1) is 5.92 Å². The summed E-state index contributed by atoms with van der Waals surface area (Å²) in [6, 6.07) is 0. The van der Waals surface area contributed by atoms with Gasteiger partial charge in [-0.3, -0.25) is 14.4 Å². The molecule has 0 aliphatic rings. The van der Waals surface area contributed by atoms with E-state index in [0.717, 1.165) is 6.42 Å². The van der Waals surface area contributed by atoms with Crippen molar-refractivity contribution in [1.82, 2.24) is 0 Å². The third kappa shape index (κ3) is 6.67. The van der Waals surface area contributed by atoms with E-state index in [0.29, 0.717) is 31.6 Å². The molecule has 0 spiro atoms. The van der Waals surface area contributed by atoms with Crippen molar-refractivity contribution in [3.63, 3.8) is 0 Å². The number of hydrogen-bond acceptors (Lipinski definition) is 3. The maximum atomic E-state index is 11.9. The molecule has 0 amide bonds. The van der Waals surface area contributed by atoms with Crippen LogP contribution in [0.2, 0.25) is 0 Å². The topological polar surface area (TPSA) is 51.2 Å². The van der Waals surface area contributed by atoms with Crippen molar-refractivity contribution in [2.45, 2.75) is 59.8 Å². The van der Waals surface area contributed by atoms with E-state index in [-0.39, 0.29) is 17.5 Å². The number of rotatable bonds is 10. The van der Waals surface area contributed by atoms with Gasteiger partial charge in [-0.25, -0.2) is 0 Å². The van der Waals surface area contributed by atoms with E-state index >= 15 is 0 Å². The van der Waals surface area contributed by atoms with Gasteiger partial charge in [0.15, 0.2) is 0 Å². The highest BCUT2D eigenvalue weighted by molar-refractivity contribution is 5.95. The second-order valence-corrected chi connectivity index (χ2v) is 5.44. The lowest BCUT2D eigenvalue weighted by atomic mass is 9.88. The molecule has 0 aromatic carbocycles. The first-order valence-electron chi connectivity index (χ1n) is 6.85. The van der Waals surface area contributed by atoms with Crippen LogP contribution < -0.4 is 0 Å². The van der Waals surface area contributed by atoms with Crippen LogP contribution in [0.3, 0.4) is 0 Å². The summed E-state index contributed by atoms with van der Waals surface area (Å²) in [6.07, 6.45) is 4.73. The van der Waals surface area contributed by atoms with E-state index in [2.05, 4.69) is 0 Å². The fraction of sp³-hybridized carbons (Fsp3) is 0.800. The van der Waals surface area contributed by atoms with Crippen LogP contribution in [0.4, 0.5) is 0 Å². The van der Waals surface area contributed by atoms with Crippen LogP contribution in [0, 0.1) is 17.8 Å². The summed E-state index contributed by atoms with van der Waals surface area (Å²) < 4.78 is 0. The van der Waals surface area contributed by atoms with Crippen LogP contribution in [-0.4, -0.2) is 17.9 Å². The van der Waals surface area contributed by atoms with Crippen molar-refractivity contribution < 1.29 is 14.4 Å². The molecule has 0 aromatic rings. The molecule has 0 saturated carbocycles. The van der Waals surface area contributed by atoms with Gasteiger partial charge in [-0.15, -0.1) is 0 Å². The molecule has 0 N–H and O–H groups in total. The zero-order valence-corrected chi connectivity index (χ0v) is 12.0. The Morgan fingerprint density at radius 3 is 2.17 bits per heavy atom. The van der Waals surface area contributed by atoms with Crippen LogP contribution in [0.1, 0.15) is 59.8 Å². The molecule has 0 aromatic heterocycles. The molecule has 1 radical (unpaired) electrons. The summed E-state index contributed by atoms with van der Waals surface area (Å²) >= 11 is 0. The largest absolute Gasteiger partial charge is 0.300 e. The Morgan fingerprint density at radius 2 is 1.72 bits per heavy atom. The highest BCUT2D eigenvalue weighted by Gasteiger charge is 2.23. The normalized spacial score (nSPS) is 14.3. The number of Topliss-reactive ketones (excluding diaryl/α,β-unsaturated/α-hetero) is 2. The quantitative estimate of drug-likeness (QED) is 0.562. The Hall–Kier alpha value is -0.990. The molecule has 0 aliphatic carbocycles. The molecule has 0 heterocycles. The van der Waals surface area contributed by atoms with Gasteiger partial charge in [-0.1, -0.05) is 34.1 Å². The summed E-state index contributed by atoms with van der Waals surface area (Å²) in [5, 5.41) is 0. The standard InChI is InChI=1S/C15H25O3/c1-5-6-13(10-16)15(18)12(4)7-8-14(17)9-11(2)3/h11-13H,5-9H2,1-4H3. The van der Waals surface area contributed by atoms with E-state index in [9.17, 15) is 14.4 Å². The first-order chi connectivity index (χ1) is 8.42. The Bertz CT molecular complexity index is 281. The predicted octanol–water partition coefficient (Wildman–Crippen LogP) is 3.11. The molecular weight excluding hydrogens is 228 g/mol. The third-order valence-corrected chi connectivity index (χ3v) is 3.04. The molecule has 18 heavy (non-hydrogen) atoms. The molecule has 103 valence electrons. The molecule has 3 heteroatoms. The van der Waals surface area contributed by atoms with Gasteiger partial charge in [-0.05, 0) is 18.8 Å². The summed E-state index contributed by atoms with van der Waals surface area (Å²) in [6.45, 7) is 7.75. The van der Waals surface area contributed by atoms with Gasteiger partial charge in [0, 0.05) is 18.8 Å². The number of hydrogen-bond donors (Lipinski definition) is 0. The maximum Gasteiger partial charge on any atom is 0.209 e. The summed E-state index contributed by atoms with van der Waals surface area (Å²) in [4.78, 5) is 34.2. The van der Waals surface area contributed by atoms with Gasteiger partial charge in [0.1, 0.15) is 11.6 Å². The minimum atomic E-state index is -0.606. The van der Waals surface area contributed by atoms with E-state index < -0.39 is 5.92 Å². The molecule has 0 saturated heterocycles. The van der Waals surface area contributed by atoms with Crippen LogP contribution in [-0.2, 0) is 14.4 Å². The zero-order valence-electron chi connectivity index (χ0n) is 12.0. The Kier molecular flexibility index (Phi) is 8.51. The highest BCUT2D eigenvalue weighted by atomic mass is 16.1. The highest BCUT2D eigenvalue weighted by Crippen LogP contribution is 2.17. The summed E-state index contributed by atoms with van der Waals surface area (Å²) in [7, 11) is 0. The zero-order chi connectivity index (χ0) is 14.1. The van der Waals surface area contributed by atoms with Crippen molar-refractivity contribution in [3.05, 3.63) is 0 Å². The van der Waals surface area contributed by atoms with Gasteiger partial charge < -0.3 is 0 Å². The Labute approximate surface area is 110 Å². The maximum absolute atomic E-state index is 11.9. The van der Waals surface area contributed by atoms with Crippen molar-refractivity contribution in [2.75, 3.05) is 0 Å². The second kappa shape index (κ2) is 9.01. The van der Waals surface area contributed by atoms with E-state index in [1.807, 2.05) is 27.1 Å². The van der Waals surface area contributed by atoms with Crippen LogP contribution in [0.15, 0.2) is 0 Å². The summed E-state index contributed by atoms with van der Waals surface area (Å²) in [5.74, 6) is -0.333. The molecule has 2 atom stereocenters. The van der Waals surface area contributed by atoms with Crippen LogP contribution in [0.5, 0.6) is 0 Å². The number of carbonyl (C=O) groups is 2. The lowest BCUT2D eigenvalue weighted by molar-refractivity contribution is -0.125. The van der Waals surface area contributed by atoms with Gasteiger partial charge >= 0.3 is 0 Å². The molecule has 2 unspecified atom stereocenters. The van der Waals surface area contributed by atoms with Gasteiger partial charge in [0.25, 0.3) is 0 Å². The average Bonchev–Trinajstić information content (AvgIpc) is 2.31. The third-order valence-electron chi connectivity index (χ3n) is 3.04. The van der Waals surface area contributed by atoms with Gasteiger partial charge in [-0.2, -0.15) is 0 Å².